The fourth-order valence-electron chi connectivity index (χ4n) is 4.13. The number of aromatic amines is 1. The zero-order chi connectivity index (χ0) is 15.1. The van der Waals surface area contributed by atoms with E-state index >= 15 is 0 Å². The van der Waals surface area contributed by atoms with Gasteiger partial charge in [-0.15, -0.1) is 0 Å². The van der Waals surface area contributed by atoms with Crippen LogP contribution in [0.2, 0.25) is 0 Å². The van der Waals surface area contributed by atoms with Crippen molar-refractivity contribution in [3.05, 3.63) is 53.9 Å². The topological polar surface area (TPSA) is 19.0 Å². The van der Waals surface area contributed by atoms with Crippen LogP contribution in [0.3, 0.4) is 0 Å². The second-order valence-corrected chi connectivity index (χ2v) is 6.79. The van der Waals surface area contributed by atoms with Gasteiger partial charge in [-0.25, -0.2) is 0 Å². The van der Waals surface area contributed by atoms with Gasteiger partial charge in [0.25, 0.3) is 0 Å². The number of fused-ring (bicyclic) bond motifs is 5. The van der Waals surface area contributed by atoms with Crippen molar-refractivity contribution in [2.75, 3.05) is 13.1 Å². The fourth-order valence-corrected chi connectivity index (χ4v) is 4.13. The average molecular weight is 292 g/mol. The van der Waals surface area contributed by atoms with E-state index in [0.717, 1.165) is 19.4 Å². The molecule has 2 aliphatic rings. The van der Waals surface area contributed by atoms with Crippen LogP contribution in [-0.2, 0) is 6.42 Å². The molecule has 114 valence electrons. The van der Waals surface area contributed by atoms with Gasteiger partial charge < -0.3 is 9.88 Å². The van der Waals surface area contributed by atoms with Gasteiger partial charge in [0.2, 0.25) is 0 Å². The molecule has 1 atom stereocenters. The summed E-state index contributed by atoms with van der Waals surface area (Å²) >= 11 is 0. The highest BCUT2D eigenvalue weighted by atomic mass is 15.1. The molecule has 3 heterocycles. The number of para-hydroxylation sites is 1. The number of nitrogens with one attached hydrogen (secondary N) is 1. The molecular formula is C20H24N2. The number of benzene rings is 1. The summed E-state index contributed by atoms with van der Waals surface area (Å²) in [7, 11) is 0. The van der Waals surface area contributed by atoms with Crippen molar-refractivity contribution in [2.45, 2.75) is 32.6 Å². The first-order valence-corrected chi connectivity index (χ1v) is 8.46. The molecule has 1 aromatic heterocycles. The summed E-state index contributed by atoms with van der Waals surface area (Å²) < 4.78 is 0. The van der Waals surface area contributed by atoms with Gasteiger partial charge >= 0.3 is 0 Å². The maximum absolute atomic E-state index is 4.42. The Kier molecular flexibility index (Phi) is 3.33. The van der Waals surface area contributed by atoms with E-state index in [1.165, 1.54) is 47.1 Å². The lowest BCUT2D eigenvalue weighted by atomic mass is 9.88. The van der Waals surface area contributed by atoms with Crippen molar-refractivity contribution in [3.63, 3.8) is 0 Å². The van der Waals surface area contributed by atoms with E-state index in [1.54, 1.807) is 5.57 Å². The highest BCUT2D eigenvalue weighted by Gasteiger charge is 2.25. The first kappa shape index (κ1) is 13.7. The van der Waals surface area contributed by atoms with Crippen molar-refractivity contribution in [1.29, 1.82) is 0 Å². The molecule has 2 heteroatoms. The number of hydrogen-bond acceptors (Lipinski definition) is 1. The SMILES string of the molecule is C=C1CC2CC(CC)=CN(CCc3c1[nH]c1ccccc31)C2. The molecule has 0 spiro atoms. The molecule has 4 rings (SSSR count). The average Bonchev–Trinajstić information content (AvgIpc) is 2.92. The molecule has 0 radical (unpaired) electrons. The van der Waals surface area contributed by atoms with E-state index in [2.05, 4.69) is 53.9 Å². The van der Waals surface area contributed by atoms with Gasteiger partial charge in [-0.05, 0) is 55.0 Å². The number of H-pyrrole nitrogens is 1. The predicted octanol–water partition coefficient (Wildman–Crippen LogP) is 4.74. The van der Waals surface area contributed by atoms with E-state index < -0.39 is 0 Å². The summed E-state index contributed by atoms with van der Waals surface area (Å²) in [6.07, 6.45) is 7.03. The lowest BCUT2D eigenvalue weighted by molar-refractivity contribution is 0.285. The molecule has 1 unspecified atom stereocenters. The van der Waals surface area contributed by atoms with Crippen molar-refractivity contribution in [1.82, 2.24) is 9.88 Å². The Bertz CT molecular complexity index is 750. The van der Waals surface area contributed by atoms with Crippen LogP contribution in [0.1, 0.15) is 37.4 Å². The Labute approximate surface area is 132 Å². The zero-order valence-corrected chi connectivity index (χ0v) is 13.4. The number of aromatic nitrogens is 1. The van der Waals surface area contributed by atoms with E-state index in [9.17, 15) is 0 Å². The summed E-state index contributed by atoms with van der Waals surface area (Å²) in [4.78, 5) is 6.17. The Morgan fingerprint density at radius 2 is 2.14 bits per heavy atom. The van der Waals surface area contributed by atoms with Crippen molar-refractivity contribution in [2.24, 2.45) is 5.92 Å². The Morgan fingerprint density at radius 1 is 1.27 bits per heavy atom. The maximum Gasteiger partial charge on any atom is 0.0461 e. The minimum absolute atomic E-state index is 0.713. The zero-order valence-electron chi connectivity index (χ0n) is 13.4. The van der Waals surface area contributed by atoms with Crippen LogP contribution >= 0.6 is 0 Å². The second kappa shape index (κ2) is 5.35. The molecule has 1 N–H and O–H groups in total. The highest BCUT2D eigenvalue weighted by molar-refractivity contribution is 5.89. The van der Waals surface area contributed by atoms with Crippen molar-refractivity contribution >= 4 is 16.5 Å². The minimum Gasteiger partial charge on any atom is -0.377 e. The number of nitrogens with zero attached hydrogens (tertiary/aromatic N) is 1. The molecule has 2 aliphatic heterocycles. The second-order valence-electron chi connectivity index (χ2n) is 6.79. The van der Waals surface area contributed by atoms with E-state index in [0.29, 0.717) is 5.92 Å². The summed E-state index contributed by atoms with van der Waals surface area (Å²) in [5.74, 6) is 0.713. The van der Waals surface area contributed by atoms with Gasteiger partial charge in [-0.3, -0.25) is 0 Å². The molecule has 0 saturated carbocycles. The molecule has 0 fully saturated rings. The number of hydrogen-bond donors (Lipinski definition) is 1. The van der Waals surface area contributed by atoms with Gasteiger partial charge in [0.15, 0.2) is 0 Å². The van der Waals surface area contributed by atoms with Gasteiger partial charge in [-0.1, -0.05) is 37.3 Å². The molecule has 22 heavy (non-hydrogen) atoms. The largest absolute Gasteiger partial charge is 0.377 e. The summed E-state index contributed by atoms with van der Waals surface area (Å²) in [6, 6.07) is 8.66. The van der Waals surface area contributed by atoms with Crippen LogP contribution in [0, 0.1) is 5.92 Å². The molecule has 0 saturated heterocycles. The third-order valence-electron chi connectivity index (χ3n) is 5.21. The lowest BCUT2D eigenvalue weighted by Crippen LogP contribution is -2.30. The third kappa shape index (κ3) is 2.27. The molecule has 2 aromatic rings. The first-order chi connectivity index (χ1) is 10.7. The Balaban J connectivity index is 1.77. The predicted molar refractivity (Wildman–Crippen MR) is 93.7 cm³/mol. The lowest BCUT2D eigenvalue weighted by Gasteiger charge is -2.32. The minimum atomic E-state index is 0.713. The normalized spacial score (nSPS) is 21.9. The Hall–Kier alpha value is -1.96. The van der Waals surface area contributed by atoms with Gasteiger partial charge in [0.1, 0.15) is 0 Å². The Morgan fingerprint density at radius 3 is 3.00 bits per heavy atom. The van der Waals surface area contributed by atoms with Gasteiger partial charge in [0, 0.05) is 29.7 Å². The van der Waals surface area contributed by atoms with Crippen molar-refractivity contribution < 1.29 is 0 Å². The van der Waals surface area contributed by atoms with Crippen LogP contribution in [0.15, 0.2) is 42.6 Å². The first-order valence-electron chi connectivity index (χ1n) is 8.46. The van der Waals surface area contributed by atoms with E-state index in [-0.39, 0.29) is 0 Å². The molecule has 0 amide bonds. The molecule has 2 bridgehead atoms. The maximum atomic E-state index is 4.42. The van der Waals surface area contributed by atoms with Crippen molar-refractivity contribution in [3.8, 4) is 0 Å². The standard InChI is InChI=1S/C20H24N2/c1-3-15-11-16-10-14(2)20-18(8-9-22(12-15)13-16)17-6-4-5-7-19(17)21-20/h4-7,12,16,21H,2-3,8-11,13H2,1H3. The molecule has 2 nitrogen and oxygen atoms in total. The summed E-state index contributed by atoms with van der Waals surface area (Å²) in [5, 5.41) is 1.37. The number of rotatable bonds is 1. The monoisotopic (exact) mass is 292 g/mol. The summed E-state index contributed by atoms with van der Waals surface area (Å²) in [5.41, 5.74) is 6.89. The molecule has 0 aliphatic carbocycles. The molecule has 1 aromatic carbocycles. The van der Waals surface area contributed by atoms with Gasteiger partial charge in [0.05, 0.1) is 0 Å². The quantitative estimate of drug-likeness (QED) is 0.804. The van der Waals surface area contributed by atoms with Crippen LogP contribution in [-0.4, -0.2) is 23.0 Å². The number of allylic oxidation sites excluding steroid dienone is 2. The van der Waals surface area contributed by atoms with Gasteiger partial charge in [-0.2, -0.15) is 0 Å². The van der Waals surface area contributed by atoms with E-state index in [1.807, 2.05) is 0 Å². The van der Waals surface area contributed by atoms with E-state index in [4.69, 9.17) is 0 Å². The van der Waals surface area contributed by atoms with Crippen LogP contribution in [0.5, 0.6) is 0 Å². The highest BCUT2D eigenvalue weighted by Crippen LogP contribution is 2.35. The third-order valence-corrected chi connectivity index (χ3v) is 5.21. The smallest absolute Gasteiger partial charge is 0.0461 e. The van der Waals surface area contributed by atoms with Crippen LogP contribution < -0.4 is 0 Å². The van der Waals surface area contributed by atoms with Crippen LogP contribution in [0.4, 0.5) is 0 Å². The summed E-state index contributed by atoms with van der Waals surface area (Å²) in [6.45, 7) is 9.00. The fraction of sp³-hybridized carbons (Fsp3) is 0.400. The molecular weight excluding hydrogens is 268 g/mol. The van der Waals surface area contributed by atoms with Crippen LogP contribution in [0.25, 0.3) is 16.5 Å².